The average Bonchev–Trinajstić information content (AvgIpc) is 2.65. The van der Waals surface area contributed by atoms with Crippen molar-refractivity contribution in [2.75, 3.05) is 13.1 Å². The number of carbonyl (C=O) groups is 1. The number of nitrogens with zero attached hydrogens (tertiary/aromatic N) is 1. The first-order valence-electron chi connectivity index (χ1n) is 9.53. The molecule has 25 heavy (non-hydrogen) atoms. The average molecular weight is 383 g/mol. The second kappa shape index (κ2) is 8.75. The first-order valence-corrected chi connectivity index (χ1v) is 10.3. The highest BCUT2D eigenvalue weighted by Crippen LogP contribution is 2.35. The van der Waals surface area contributed by atoms with Gasteiger partial charge in [-0.25, -0.2) is 0 Å². The second-order valence-corrected chi connectivity index (χ2v) is 8.43. The third kappa shape index (κ3) is 4.90. The summed E-state index contributed by atoms with van der Waals surface area (Å²) in [6.07, 6.45) is 9.71. The van der Waals surface area contributed by atoms with Crippen molar-refractivity contribution in [1.82, 2.24) is 4.90 Å². The quantitative estimate of drug-likeness (QED) is 0.821. The predicted octanol–water partition coefficient (Wildman–Crippen LogP) is 4.68. The highest BCUT2D eigenvalue weighted by molar-refractivity contribution is 6.42. The van der Waals surface area contributed by atoms with Crippen LogP contribution in [0.15, 0.2) is 18.2 Å². The van der Waals surface area contributed by atoms with Gasteiger partial charge >= 0.3 is 0 Å². The Kier molecular flexibility index (Phi) is 6.65. The monoisotopic (exact) mass is 382 g/mol. The van der Waals surface area contributed by atoms with Gasteiger partial charge in [0.2, 0.25) is 5.91 Å². The van der Waals surface area contributed by atoms with Crippen LogP contribution in [0, 0.1) is 11.8 Å². The van der Waals surface area contributed by atoms with Gasteiger partial charge in [0.25, 0.3) is 0 Å². The molecule has 1 heterocycles. The predicted molar refractivity (Wildman–Crippen MR) is 104 cm³/mol. The fraction of sp³-hybridized carbons (Fsp3) is 0.650. The molecular formula is C20H28Cl2N2O. The fourth-order valence-electron chi connectivity index (χ4n) is 4.44. The van der Waals surface area contributed by atoms with E-state index < -0.39 is 6.04 Å². The topological polar surface area (TPSA) is 46.3 Å². The summed E-state index contributed by atoms with van der Waals surface area (Å²) in [5.41, 5.74) is 7.13. The van der Waals surface area contributed by atoms with Crippen molar-refractivity contribution in [2.45, 2.75) is 57.4 Å². The van der Waals surface area contributed by atoms with Crippen molar-refractivity contribution in [2.24, 2.45) is 17.6 Å². The maximum absolute atomic E-state index is 12.7. The third-order valence-electron chi connectivity index (χ3n) is 5.92. The van der Waals surface area contributed by atoms with E-state index in [1.807, 2.05) is 11.0 Å². The van der Waals surface area contributed by atoms with Crippen molar-refractivity contribution < 1.29 is 4.79 Å². The van der Waals surface area contributed by atoms with Gasteiger partial charge < -0.3 is 10.6 Å². The van der Waals surface area contributed by atoms with Crippen LogP contribution in [-0.4, -0.2) is 29.9 Å². The Labute approximate surface area is 160 Å². The second-order valence-electron chi connectivity index (χ2n) is 7.62. The number of carbonyl (C=O) groups excluding carboxylic acids is 1. The smallest absolute Gasteiger partial charge is 0.239 e. The van der Waals surface area contributed by atoms with Crippen LogP contribution in [-0.2, 0) is 11.2 Å². The first-order chi connectivity index (χ1) is 12.0. The normalized spacial score (nSPS) is 21.3. The van der Waals surface area contributed by atoms with Gasteiger partial charge in [-0.2, -0.15) is 0 Å². The molecule has 0 aromatic heterocycles. The molecule has 5 heteroatoms. The molecule has 0 radical (unpaired) electrons. The van der Waals surface area contributed by atoms with E-state index in [9.17, 15) is 4.79 Å². The third-order valence-corrected chi connectivity index (χ3v) is 6.66. The molecule has 1 aromatic rings. The number of benzene rings is 1. The minimum atomic E-state index is -0.511. The van der Waals surface area contributed by atoms with E-state index in [0.29, 0.717) is 16.5 Å². The maximum atomic E-state index is 12.7. The molecule has 1 atom stereocenters. The first kappa shape index (κ1) is 19.0. The molecule has 0 bridgehead atoms. The van der Waals surface area contributed by atoms with E-state index in [-0.39, 0.29) is 5.91 Å². The van der Waals surface area contributed by atoms with Crippen molar-refractivity contribution in [3.05, 3.63) is 33.8 Å². The number of rotatable bonds is 4. The summed E-state index contributed by atoms with van der Waals surface area (Å²) in [6.45, 7) is 1.71. The molecule has 1 aromatic carbocycles. The molecule has 1 saturated carbocycles. The van der Waals surface area contributed by atoms with Gasteiger partial charge in [0.15, 0.2) is 0 Å². The lowest BCUT2D eigenvalue weighted by Gasteiger charge is -2.38. The van der Waals surface area contributed by atoms with Gasteiger partial charge in [0.05, 0.1) is 16.1 Å². The van der Waals surface area contributed by atoms with Crippen LogP contribution in [0.5, 0.6) is 0 Å². The SMILES string of the molecule is N[C@H](Cc1ccc(Cl)c(Cl)c1)C(=O)N1CCC(C2CCCCC2)CC1. The van der Waals surface area contributed by atoms with Crippen LogP contribution in [0.2, 0.25) is 10.0 Å². The van der Waals surface area contributed by atoms with Crippen molar-refractivity contribution >= 4 is 29.1 Å². The summed E-state index contributed by atoms with van der Waals surface area (Å²) in [4.78, 5) is 14.6. The standard InChI is InChI=1S/C20H28Cl2N2O/c21-17-7-6-14(12-18(17)22)13-19(23)20(25)24-10-8-16(9-11-24)15-4-2-1-3-5-15/h6-7,12,15-16,19H,1-5,8-11,13,23H2/t19-/m1/s1. The summed E-state index contributed by atoms with van der Waals surface area (Å²) < 4.78 is 0. The molecule has 1 saturated heterocycles. The molecule has 2 aliphatic rings. The van der Waals surface area contributed by atoms with Gasteiger partial charge in [0, 0.05) is 13.1 Å². The molecule has 3 nitrogen and oxygen atoms in total. The Hall–Kier alpha value is -0.770. The Bertz CT molecular complexity index is 593. The molecule has 2 N–H and O–H groups in total. The van der Waals surface area contributed by atoms with E-state index in [4.69, 9.17) is 28.9 Å². The van der Waals surface area contributed by atoms with Crippen LogP contribution in [0.3, 0.4) is 0 Å². The Balaban J connectivity index is 1.50. The van der Waals surface area contributed by atoms with Crippen LogP contribution in [0.25, 0.3) is 0 Å². The van der Waals surface area contributed by atoms with Crippen LogP contribution < -0.4 is 5.73 Å². The van der Waals surface area contributed by atoms with Gasteiger partial charge in [0.1, 0.15) is 0 Å². The summed E-state index contributed by atoms with van der Waals surface area (Å²) in [7, 11) is 0. The highest BCUT2D eigenvalue weighted by Gasteiger charge is 2.30. The number of hydrogen-bond acceptors (Lipinski definition) is 2. The van der Waals surface area contributed by atoms with Gasteiger partial charge in [-0.05, 0) is 48.8 Å². The van der Waals surface area contributed by atoms with Crippen molar-refractivity contribution in [1.29, 1.82) is 0 Å². The molecule has 0 spiro atoms. The summed E-state index contributed by atoms with van der Waals surface area (Å²) in [5, 5.41) is 1.03. The number of halogens is 2. The van der Waals surface area contributed by atoms with Crippen LogP contribution >= 0.6 is 23.2 Å². The van der Waals surface area contributed by atoms with E-state index >= 15 is 0 Å². The van der Waals surface area contributed by atoms with Gasteiger partial charge in [-0.3, -0.25) is 4.79 Å². The van der Waals surface area contributed by atoms with Crippen LogP contribution in [0.4, 0.5) is 0 Å². The molecule has 3 rings (SSSR count). The van der Waals surface area contributed by atoms with Crippen molar-refractivity contribution in [3.63, 3.8) is 0 Å². The molecule has 138 valence electrons. The Morgan fingerprint density at radius 3 is 2.32 bits per heavy atom. The van der Waals surface area contributed by atoms with Crippen LogP contribution in [0.1, 0.15) is 50.5 Å². The molecule has 0 unspecified atom stereocenters. The molecule has 1 aliphatic carbocycles. The number of nitrogens with two attached hydrogens (primary N) is 1. The Morgan fingerprint density at radius 2 is 1.68 bits per heavy atom. The molecule has 1 amide bonds. The number of hydrogen-bond donors (Lipinski definition) is 1. The van der Waals surface area contributed by atoms with Gasteiger partial charge in [-0.15, -0.1) is 0 Å². The van der Waals surface area contributed by atoms with E-state index in [1.165, 1.54) is 32.1 Å². The number of amides is 1. The summed E-state index contributed by atoms with van der Waals surface area (Å²) in [6, 6.07) is 4.93. The molecule has 1 aliphatic heterocycles. The summed E-state index contributed by atoms with van der Waals surface area (Å²) in [5.74, 6) is 1.75. The number of likely N-dealkylation sites (tertiary alicyclic amines) is 1. The minimum absolute atomic E-state index is 0.0631. The Morgan fingerprint density at radius 1 is 1.04 bits per heavy atom. The lowest BCUT2D eigenvalue weighted by Crippen LogP contribution is -2.48. The zero-order chi connectivity index (χ0) is 17.8. The highest BCUT2D eigenvalue weighted by atomic mass is 35.5. The maximum Gasteiger partial charge on any atom is 0.239 e. The lowest BCUT2D eigenvalue weighted by atomic mass is 9.76. The largest absolute Gasteiger partial charge is 0.341 e. The lowest BCUT2D eigenvalue weighted by molar-refractivity contribution is -0.134. The van der Waals surface area contributed by atoms with E-state index in [0.717, 1.165) is 43.3 Å². The fourth-order valence-corrected chi connectivity index (χ4v) is 4.76. The van der Waals surface area contributed by atoms with E-state index in [2.05, 4.69) is 0 Å². The zero-order valence-electron chi connectivity index (χ0n) is 14.7. The number of piperidine rings is 1. The molecular weight excluding hydrogens is 355 g/mol. The minimum Gasteiger partial charge on any atom is -0.341 e. The summed E-state index contributed by atoms with van der Waals surface area (Å²) >= 11 is 12.0. The van der Waals surface area contributed by atoms with Crippen molar-refractivity contribution in [3.8, 4) is 0 Å². The molecule has 2 fully saturated rings. The van der Waals surface area contributed by atoms with Gasteiger partial charge in [-0.1, -0.05) is 61.4 Å². The zero-order valence-corrected chi connectivity index (χ0v) is 16.2. The van der Waals surface area contributed by atoms with E-state index in [1.54, 1.807) is 12.1 Å².